The summed E-state index contributed by atoms with van der Waals surface area (Å²) in [4.78, 5) is 22.7. The quantitative estimate of drug-likeness (QED) is 0.537. The molecular weight excluding hydrogens is 326 g/mol. The lowest BCUT2D eigenvalue weighted by Gasteiger charge is -2.09. The summed E-state index contributed by atoms with van der Waals surface area (Å²) in [5.41, 5.74) is -0.385. The number of aromatic nitrogens is 3. The number of nitrogens with one attached hydrogen (secondary N) is 1. The molecule has 0 aliphatic heterocycles. The summed E-state index contributed by atoms with van der Waals surface area (Å²) in [5, 5.41) is 14.3. The Balaban J connectivity index is 1.93. The number of anilines is 2. The van der Waals surface area contributed by atoms with Crippen LogP contribution < -0.4 is 14.8 Å². The lowest BCUT2D eigenvalue weighted by atomic mass is 10.3. The molecule has 3 aromatic rings. The van der Waals surface area contributed by atoms with E-state index in [-0.39, 0.29) is 17.4 Å². The fourth-order valence-electron chi connectivity index (χ4n) is 2.01. The summed E-state index contributed by atoms with van der Waals surface area (Å²) in [6.07, 6.45) is 2.74. The first kappa shape index (κ1) is 16.1. The number of nitro groups is 1. The number of benzene rings is 1. The Bertz CT molecular complexity index is 871. The van der Waals surface area contributed by atoms with Crippen LogP contribution in [0, 0.1) is 10.1 Å². The molecule has 0 spiro atoms. The predicted octanol–water partition coefficient (Wildman–Crippen LogP) is 3.32. The maximum absolute atomic E-state index is 11.5. The van der Waals surface area contributed by atoms with Crippen LogP contribution in [0.2, 0.25) is 0 Å². The highest BCUT2D eigenvalue weighted by atomic mass is 16.6. The highest BCUT2D eigenvalue weighted by Gasteiger charge is 2.25. The van der Waals surface area contributed by atoms with E-state index in [9.17, 15) is 10.1 Å². The highest BCUT2D eigenvalue weighted by molar-refractivity contribution is 5.67. The van der Waals surface area contributed by atoms with Gasteiger partial charge in [-0.25, -0.2) is 9.97 Å². The minimum Gasteiger partial charge on any atom is -0.497 e. The average molecular weight is 339 g/mol. The third kappa shape index (κ3) is 3.78. The molecule has 0 aliphatic carbocycles. The SMILES string of the molecule is COc1ccc(Oc2ncnc(Nc3ccccn3)c2[N+](=O)[O-])cc1. The molecule has 1 N–H and O–H groups in total. The summed E-state index contributed by atoms with van der Waals surface area (Å²) >= 11 is 0. The molecule has 9 heteroatoms. The Hall–Kier alpha value is -3.75. The predicted molar refractivity (Wildman–Crippen MR) is 89.3 cm³/mol. The van der Waals surface area contributed by atoms with Crippen LogP contribution in [0.4, 0.5) is 17.3 Å². The van der Waals surface area contributed by atoms with Gasteiger partial charge in [0.25, 0.3) is 0 Å². The van der Waals surface area contributed by atoms with Crippen molar-refractivity contribution in [2.45, 2.75) is 0 Å². The summed E-state index contributed by atoms with van der Waals surface area (Å²) < 4.78 is 10.6. The maximum atomic E-state index is 11.5. The molecule has 0 atom stereocenters. The Morgan fingerprint density at radius 3 is 2.44 bits per heavy atom. The van der Waals surface area contributed by atoms with E-state index >= 15 is 0 Å². The van der Waals surface area contributed by atoms with Gasteiger partial charge in [-0.05, 0) is 36.4 Å². The third-order valence-electron chi connectivity index (χ3n) is 3.16. The van der Waals surface area contributed by atoms with Crippen LogP contribution in [-0.4, -0.2) is 27.0 Å². The Morgan fingerprint density at radius 2 is 1.80 bits per heavy atom. The number of hydrogen-bond donors (Lipinski definition) is 1. The maximum Gasteiger partial charge on any atom is 0.373 e. The van der Waals surface area contributed by atoms with Gasteiger partial charge in [-0.1, -0.05) is 6.07 Å². The van der Waals surface area contributed by atoms with Gasteiger partial charge in [0.05, 0.1) is 12.0 Å². The molecule has 9 nitrogen and oxygen atoms in total. The molecule has 1 aromatic carbocycles. The van der Waals surface area contributed by atoms with Crippen molar-refractivity contribution in [3.05, 3.63) is 65.1 Å². The molecule has 0 radical (unpaired) electrons. The zero-order valence-corrected chi connectivity index (χ0v) is 13.1. The van der Waals surface area contributed by atoms with E-state index in [0.29, 0.717) is 17.3 Å². The van der Waals surface area contributed by atoms with Gasteiger partial charge < -0.3 is 14.8 Å². The summed E-state index contributed by atoms with van der Waals surface area (Å²) in [6, 6.07) is 11.7. The van der Waals surface area contributed by atoms with Crippen LogP contribution in [0.1, 0.15) is 0 Å². The fraction of sp³-hybridized carbons (Fsp3) is 0.0625. The first-order valence-corrected chi connectivity index (χ1v) is 7.16. The van der Waals surface area contributed by atoms with Crippen LogP contribution in [-0.2, 0) is 0 Å². The Morgan fingerprint density at radius 1 is 1.04 bits per heavy atom. The topological polar surface area (TPSA) is 112 Å². The number of ether oxygens (including phenoxy) is 2. The third-order valence-corrected chi connectivity index (χ3v) is 3.16. The van der Waals surface area contributed by atoms with E-state index in [0.717, 1.165) is 0 Å². The second kappa shape index (κ2) is 7.21. The number of pyridine rings is 1. The van der Waals surface area contributed by atoms with Gasteiger partial charge in [-0.2, -0.15) is 4.98 Å². The van der Waals surface area contributed by atoms with E-state index in [1.165, 1.54) is 6.33 Å². The van der Waals surface area contributed by atoms with Crippen molar-refractivity contribution in [3.63, 3.8) is 0 Å². The van der Waals surface area contributed by atoms with Crippen molar-refractivity contribution in [2.24, 2.45) is 0 Å². The van der Waals surface area contributed by atoms with E-state index in [1.807, 2.05) is 0 Å². The van der Waals surface area contributed by atoms with Crippen molar-refractivity contribution in [1.82, 2.24) is 15.0 Å². The molecule has 0 unspecified atom stereocenters. The highest BCUT2D eigenvalue weighted by Crippen LogP contribution is 2.35. The molecular formula is C16H13N5O4. The van der Waals surface area contributed by atoms with E-state index in [4.69, 9.17) is 9.47 Å². The molecule has 0 amide bonds. The first-order valence-electron chi connectivity index (χ1n) is 7.16. The van der Waals surface area contributed by atoms with Crippen molar-refractivity contribution in [3.8, 4) is 17.4 Å². The van der Waals surface area contributed by atoms with Gasteiger partial charge in [0, 0.05) is 6.20 Å². The molecule has 0 saturated carbocycles. The van der Waals surface area contributed by atoms with Crippen LogP contribution in [0.3, 0.4) is 0 Å². The van der Waals surface area contributed by atoms with Gasteiger partial charge in [-0.15, -0.1) is 0 Å². The van der Waals surface area contributed by atoms with Crippen LogP contribution in [0.25, 0.3) is 0 Å². The first-order chi connectivity index (χ1) is 12.2. The van der Waals surface area contributed by atoms with E-state index in [1.54, 1.807) is 55.8 Å². The van der Waals surface area contributed by atoms with Crippen molar-refractivity contribution >= 4 is 17.3 Å². The van der Waals surface area contributed by atoms with Gasteiger partial charge in [0.15, 0.2) is 0 Å². The van der Waals surface area contributed by atoms with Gasteiger partial charge in [-0.3, -0.25) is 10.1 Å². The number of nitrogens with zero attached hydrogens (tertiary/aromatic N) is 4. The lowest BCUT2D eigenvalue weighted by molar-refractivity contribution is -0.385. The smallest absolute Gasteiger partial charge is 0.373 e. The Labute approximate surface area is 142 Å². The summed E-state index contributed by atoms with van der Waals surface area (Å²) in [6.45, 7) is 0. The second-order valence-corrected chi connectivity index (χ2v) is 4.75. The normalized spacial score (nSPS) is 10.1. The number of rotatable bonds is 6. The molecule has 126 valence electrons. The molecule has 0 aliphatic rings. The minimum atomic E-state index is -0.607. The largest absolute Gasteiger partial charge is 0.497 e. The van der Waals surface area contributed by atoms with E-state index < -0.39 is 4.92 Å². The second-order valence-electron chi connectivity index (χ2n) is 4.75. The molecule has 0 bridgehead atoms. The summed E-state index contributed by atoms with van der Waals surface area (Å²) in [7, 11) is 1.54. The van der Waals surface area contributed by atoms with Crippen molar-refractivity contribution in [1.29, 1.82) is 0 Å². The van der Waals surface area contributed by atoms with Crippen LogP contribution >= 0.6 is 0 Å². The zero-order chi connectivity index (χ0) is 17.6. The monoisotopic (exact) mass is 339 g/mol. The standard InChI is InChI=1S/C16H13N5O4/c1-24-11-5-7-12(8-6-11)25-16-14(21(22)23)15(18-10-19-16)20-13-4-2-3-9-17-13/h2-10H,1H3,(H,17,18,19,20). The van der Waals surface area contributed by atoms with Crippen LogP contribution in [0.5, 0.6) is 17.4 Å². The average Bonchev–Trinajstić information content (AvgIpc) is 2.63. The fourth-order valence-corrected chi connectivity index (χ4v) is 2.01. The van der Waals surface area contributed by atoms with Crippen LogP contribution in [0.15, 0.2) is 55.0 Å². The molecule has 25 heavy (non-hydrogen) atoms. The van der Waals surface area contributed by atoms with Gasteiger partial charge in [0.2, 0.25) is 5.82 Å². The summed E-state index contributed by atoms with van der Waals surface area (Å²) in [5.74, 6) is 1.25. The number of hydrogen-bond acceptors (Lipinski definition) is 8. The molecule has 0 fully saturated rings. The van der Waals surface area contributed by atoms with Gasteiger partial charge >= 0.3 is 11.6 Å². The Kier molecular flexibility index (Phi) is 4.65. The van der Waals surface area contributed by atoms with Crippen molar-refractivity contribution < 1.29 is 14.4 Å². The van der Waals surface area contributed by atoms with E-state index in [2.05, 4.69) is 20.3 Å². The zero-order valence-electron chi connectivity index (χ0n) is 13.1. The number of methoxy groups -OCH3 is 1. The molecule has 0 saturated heterocycles. The minimum absolute atomic E-state index is 0.0118. The lowest BCUT2D eigenvalue weighted by Crippen LogP contribution is -2.04. The molecule has 3 rings (SSSR count). The molecule has 2 aromatic heterocycles. The molecule has 2 heterocycles. The van der Waals surface area contributed by atoms with Gasteiger partial charge in [0.1, 0.15) is 23.6 Å². The van der Waals surface area contributed by atoms with Crippen molar-refractivity contribution in [2.75, 3.05) is 12.4 Å².